The van der Waals surface area contributed by atoms with Gasteiger partial charge in [0.25, 0.3) is 0 Å². The maximum atomic E-state index is 0. The van der Waals surface area contributed by atoms with E-state index in [4.69, 9.17) is 0 Å². The van der Waals surface area contributed by atoms with E-state index in [1.165, 1.54) is 0 Å². The zero-order chi connectivity index (χ0) is 0. The minimum Gasteiger partial charge on any atom is -2.00 e. The summed E-state index contributed by atoms with van der Waals surface area (Å²) in [5.41, 5.74) is 0. The SMILES string of the molecule is [Co+3].[La+3].[O-2].[O-2].[O-2]. The topological polar surface area (TPSA) is 85.5 Å². The second kappa shape index (κ2) is 46.8. The molecule has 0 rings (SSSR count). The zero-order valence-electron chi connectivity index (χ0n) is 2.14. The monoisotopic (exact) mass is 246 g/mol. The van der Waals surface area contributed by atoms with Gasteiger partial charge < -0.3 is 16.4 Å². The molecular weight excluding hydrogens is 246 g/mol. The Morgan fingerprint density at radius 3 is 0.600 bits per heavy atom. The Morgan fingerprint density at radius 2 is 0.600 bits per heavy atom. The first kappa shape index (κ1) is 82.0. The van der Waals surface area contributed by atoms with Crippen molar-refractivity contribution in [2.24, 2.45) is 0 Å². The molecule has 0 saturated heterocycles. The number of rotatable bonds is 0. The van der Waals surface area contributed by atoms with Gasteiger partial charge in [-0.3, -0.25) is 0 Å². The van der Waals surface area contributed by atoms with Gasteiger partial charge in [-0.05, 0) is 0 Å². The molecule has 0 radical (unpaired) electrons. The first-order chi connectivity index (χ1) is 0. The Bertz CT molecular complexity index is 6.85. The molecule has 0 aromatic heterocycles. The van der Waals surface area contributed by atoms with Gasteiger partial charge in [0.05, 0.1) is 0 Å². The van der Waals surface area contributed by atoms with Gasteiger partial charge in [0, 0.05) is 0 Å². The van der Waals surface area contributed by atoms with Crippen LogP contribution in [0.15, 0.2) is 0 Å². The second-order valence-corrected chi connectivity index (χ2v) is 0. The average Bonchev–Trinajstić information content (AvgIpc) is 0. The fraction of sp³-hybridized carbons (Fsp3) is 0. The van der Waals surface area contributed by atoms with Crippen molar-refractivity contribution in [1.82, 2.24) is 0 Å². The van der Waals surface area contributed by atoms with Crippen molar-refractivity contribution in [3.8, 4) is 0 Å². The van der Waals surface area contributed by atoms with E-state index in [9.17, 15) is 0 Å². The van der Waals surface area contributed by atoms with Gasteiger partial charge in [-0.15, -0.1) is 0 Å². The van der Waals surface area contributed by atoms with Crippen LogP contribution < -0.4 is 0 Å². The van der Waals surface area contributed by atoms with Crippen LogP contribution in [0.4, 0.5) is 0 Å². The summed E-state index contributed by atoms with van der Waals surface area (Å²) in [5.74, 6) is 0. The van der Waals surface area contributed by atoms with Crippen molar-refractivity contribution in [3.63, 3.8) is 0 Å². The fourth-order valence-electron chi connectivity index (χ4n) is 0. The Labute approximate surface area is 68.2 Å². The third kappa shape index (κ3) is 28.6. The molecule has 0 saturated carbocycles. The number of hydrogen-bond donors (Lipinski definition) is 0. The quantitative estimate of drug-likeness (QED) is 0.558. The Balaban J connectivity index is 0. The first-order valence-corrected chi connectivity index (χ1v) is 0. The molecule has 0 fully saturated rings. The first-order valence-electron chi connectivity index (χ1n) is 0. The standard InChI is InChI=1S/Co.La.3O/q2*+3;3*-2. The van der Waals surface area contributed by atoms with Gasteiger partial charge in [-0.1, -0.05) is 0 Å². The normalized spacial score (nSPS) is 0. The largest absolute Gasteiger partial charge is 3.00 e. The maximum Gasteiger partial charge on any atom is 3.00 e. The van der Waals surface area contributed by atoms with Crippen molar-refractivity contribution in [2.45, 2.75) is 0 Å². The maximum absolute atomic E-state index is 0. The summed E-state index contributed by atoms with van der Waals surface area (Å²) in [6.45, 7) is 0. The molecule has 0 aromatic rings. The molecule has 0 aliphatic heterocycles. The molecule has 5 heavy (non-hydrogen) atoms. The summed E-state index contributed by atoms with van der Waals surface area (Å²) in [6.07, 6.45) is 0. The third-order valence-electron chi connectivity index (χ3n) is 0. The molecule has 3 nitrogen and oxygen atoms in total. The molecule has 5 heteroatoms. The van der Waals surface area contributed by atoms with Crippen LogP contribution in [0.1, 0.15) is 0 Å². The van der Waals surface area contributed by atoms with Gasteiger partial charge in [-0.25, -0.2) is 0 Å². The molecule has 0 atom stereocenters. The summed E-state index contributed by atoms with van der Waals surface area (Å²) in [4.78, 5) is 0. The van der Waals surface area contributed by atoms with Gasteiger partial charge in [-0.2, -0.15) is 0 Å². The average molecular weight is 246 g/mol. The van der Waals surface area contributed by atoms with E-state index in [0.717, 1.165) is 0 Å². The smallest absolute Gasteiger partial charge is 2.00 e. The minimum absolute atomic E-state index is 0. The van der Waals surface area contributed by atoms with Crippen molar-refractivity contribution in [1.29, 1.82) is 0 Å². The molecule has 0 aromatic carbocycles. The van der Waals surface area contributed by atoms with Gasteiger partial charge in [0.1, 0.15) is 0 Å². The molecule has 0 aliphatic rings. The Kier molecular flexibility index (Phi) is 768. The van der Waals surface area contributed by atoms with Crippen LogP contribution in [0, 0.1) is 35.6 Å². The van der Waals surface area contributed by atoms with E-state index < -0.39 is 0 Å². The van der Waals surface area contributed by atoms with Crippen molar-refractivity contribution < 1.29 is 68.8 Å². The van der Waals surface area contributed by atoms with E-state index in [2.05, 4.69) is 0 Å². The van der Waals surface area contributed by atoms with Crippen LogP contribution in [-0.2, 0) is 33.2 Å². The van der Waals surface area contributed by atoms with E-state index in [1.807, 2.05) is 0 Å². The Hall–Kier alpha value is 1.58. The van der Waals surface area contributed by atoms with Crippen LogP contribution in [0.25, 0.3) is 0 Å². The van der Waals surface area contributed by atoms with Crippen molar-refractivity contribution in [3.05, 3.63) is 0 Å². The molecule has 0 aliphatic carbocycles. The van der Waals surface area contributed by atoms with E-state index in [-0.39, 0.29) is 68.8 Å². The summed E-state index contributed by atoms with van der Waals surface area (Å²) in [5, 5.41) is 0. The number of hydrogen-bond acceptors (Lipinski definition) is 0. The summed E-state index contributed by atoms with van der Waals surface area (Å²) >= 11 is 0. The molecule has 0 heterocycles. The predicted octanol–water partition coefficient (Wildman–Crippen LogP) is -0.359. The molecule has 0 amide bonds. The van der Waals surface area contributed by atoms with Crippen LogP contribution in [0.2, 0.25) is 0 Å². The predicted molar refractivity (Wildman–Crippen MR) is 2.06 cm³/mol. The van der Waals surface area contributed by atoms with E-state index >= 15 is 0 Å². The summed E-state index contributed by atoms with van der Waals surface area (Å²) in [7, 11) is 0. The molecule has 0 N–H and O–H groups in total. The van der Waals surface area contributed by atoms with Crippen molar-refractivity contribution >= 4 is 0 Å². The molecule has 30 valence electrons. The van der Waals surface area contributed by atoms with E-state index in [0.29, 0.717) is 0 Å². The van der Waals surface area contributed by atoms with Crippen LogP contribution in [0.5, 0.6) is 0 Å². The molecular formula is CoLaO3. The third-order valence-corrected chi connectivity index (χ3v) is 0. The summed E-state index contributed by atoms with van der Waals surface area (Å²) in [6, 6.07) is 0. The zero-order valence-corrected chi connectivity index (χ0v) is 6.80. The fourth-order valence-corrected chi connectivity index (χ4v) is 0. The van der Waals surface area contributed by atoms with Crippen LogP contribution >= 0.6 is 0 Å². The van der Waals surface area contributed by atoms with Gasteiger partial charge in [0.2, 0.25) is 0 Å². The minimum atomic E-state index is 0. The molecule has 0 spiro atoms. The van der Waals surface area contributed by atoms with Crippen molar-refractivity contribution in [2.75, 3.05) is 0 Å². The van der Waals surface area contributed by atoms with Crippen LogP contribution in [-0.4, -0.2) is 0 Å². The Morgan fingerprint density at radius 1 is 0.600 bits per heavy atom. The molecule has 0 bridgehead atoms. The van der Waals surface area contributed by atoms with Crippen LogP contribution in [0.3, 0.4) is 0 Å². The molecule has 0 unspecified atom stereocenters. The van der Waals surface area contributed by atoms with Gasteiger partial charge >= 0.3 is 52.4 Å². The second-order valence-electron chi connectivity index (χ2n) is 0. The van der Waals surface area contributed by atoms with E-state index in [1.54, 1.807) is 0 Å². The summed E-state index contributed by atoms with van der Waals surface area (Å²) < 4.78 is 0. The van der Waals surface area contributed by atoms with Gasteiger partial charge in [0.15, 0.2) is 0 Å².